The summed E-state index contributed by atoms with van der Waals surface area (Å²) in [7, 11) is 0. The number of benzene rings is 1. The molecule has 7 heteroatoms. The van der Waals surface area contributed by atoms with Crippen molar-refractivity contribution in [3.05, 3.63) is 52.1 Å². The maximum Gasteiger partial charge on any atom is 0.254 e. The van der Waals surface area contributed by atoms with Crippen LogP contribution in [0.25, 0.3) is 5.78 Å². The van der Waals surface area contributed by atoms with Crippen LogP contribution in [0.4, 0.5) is 10.2 Å². The lowest BCUT2D eigenvalue weighted by Crippen LogP contribution is -2.10. The molecule has 0 atom stereocenters. The molecule has 108 valence electrons. The molecule has 2 heterocycles. The highest BCUT2D eigenvalue weighted by atomic mass is 79.9. The Morgan fingerprint density at radius 1 is 1.33 bits per heavy atom. The third kappa shape index (κ3) is 3.02. The molecule has 0 unspecified atom stereocenters. The van der Waals surface area contributed by atoms with Gasteiger partial charge < -0.3 is 5.32 Å². The monoisotopic (exact) mass is 349 g/mol. The van der Waals surface area contributed by atoms with Crippen molar-refractivity contribution in [2.45, 2.75) is 13.3 Å². The quantitative estimate of drug-likeness (QED) is 0.786. The van der Waals surface area contributed by atoms with Gasteiger partial charge in [0.1, 0.15) is 18.0 Å². The molecule has 1 aromatic carbocycles. The van der Waals surface area contributed by atoms with Gasteiger partial charge in [0.2, 0.25) is 0 Å². The van der Waals surface area contributed by atoms with E-state index >= 15 is 0 Å². The predicted molar refractivity (Wildman–Crippen MR) is 81.8 cm³/mol. The van der Waals surface area contributed by atoms with E-state index in [0.29, 0.717) is 16.8 Å². The Morgan fingerprint density at radius 3 is 3.00 bits per heavy atom. The van der Waals surface area contributed by atoms with Gasteiger partial charge in [-0.15, -0.1) is 0 Å². The first kappa shape index (κ1) is 13.9. The van der Waals surface area contributed by atoms with Gasteiger partial charge in [0.05, 0.1) is 4.47 Å². The molecular weight excluding hydrogens is 337 g/mol. The highest BCUT2D eigenvalue weighted by Crippen LogP contribution is 2.17. The van der Waals surface area contributed by atoms with Crippen molar-refractivity contribution in [2.75, 3.05) is 11.9 Å². The fraction of sp³-hybridized carbons (Fsp3) is 0.214. The normalized spacial score (nSPS) is 11.0. The zero-order valence-electron chi connectivity index (χ0n) is 11.3. The Labute approximate surface area is 129 Å². The van der Waals surface area contributed by atoms with Gasteiger partial charge in [-0.1, -0.05) is 6.07 Å². The summed E-state index contributed by atoms with van der Waals surface area (Å²) in [5.74, 6) is 1.17. The first-order valence-corrected chi connectivity index (χ1v) is 7.28. The van der Waals surface area contributed by atoms with Gasteiger partial charge >= 0.3 is 0 Å². The first-order valence-electron chi connectivity index (χ1n) is 6.48. The van der Waals surface area contributed by atoms with E-state index in [2.05, 4.69) is 36.3 Å². The van der Waals surface area contributed by atoms with Gasteiger partial charge in [0.15, 0.2) is 0 Å². The number of anilines is 1. The Kier molecular flexibility index (Phi) is 3.83. The summed E-state index contributed by atoms with van der Waals surface area (Å²) in [4.78, 5) is 8.37. The van der Waals surface area contributed by atoms with Crippen molar-refractivity contribution in [3.63, 3.8) is 0 Å². The number of nitrogens with one attached hydrogen (secondary N) is 1. The second kappa shape index (κ2) is 5.77. The molecular formula is C14H13BrFN5. The summed E-state index contributed by atoms with van der Waals surface area (Å²) in [5, 5.41) is 7.44. The molecule has 1 N–H and O–H groups in total. The second-order valence-corrected chi connectivity index (χ2v) is 5.53. The predicted octanol–water partition coefficient (Wildman–Crippen LogP) is 2.99. The minimum atomic E-state index is -0.249. The number of aromatic nitrogens is 4. The topological polar surface area (TPSA) is 55.1 Å². The molecule has 0 saturated carbocycles. The van der Waals surface area contributed by atoms with E-state index in [0.717, 1.165) is 23.5 Å². The number of hydrogen-bond donors (Lipinski definition) is 1. The van der Waals surface area contributed by atoms with Crippen molar-refractivity contribution in [1.82, 2.24) is 19.6 Å². The second-order valence-electron chi connectivity index (χ2n) is 4.68. The van der Waals surface area contributed by atoms with Crippen molar-refractivity contribution < 1.29 is 4.39 Å². The van der Waals surface area contributed by atoms with Crippen LogP contribution in [-0.4, -0.2) is 26.1 Å². The fourth-order valence-corrected chi connectivity index (χ4v) is 2.51. The van der Waals surface area contributed by atoms with Crippen LogP contribution in [0.1, 0.15) is 11.3 Å². The summed E-state index contributed by atoms with van der Waals surface area (Å²) >= 11 is 3.19. The number of fused-ring (bicyclic) bond motifs is 1. The van der Waals surface area contributed by atoms with Crippen molar-refractivity contribution in [1.29, 1.82) is 0 Å². The SMILES string of the molecule is Cc1cc(NCCc2ccc(F)c(Br)c2)n2ncnc2n1. The van der Waals surface area contributed by atoms with Crippen molar-refractivity contribution >= 4 is 27.5 Å². The molecule has 21 heavy (non-hydrogen) atoms. The Balaban J connectivity index is 1.71. The lowest BCUT2D eigenvalue weighted by atomic mass is 10.1. The van der Waals surface area contributed by atoms with Crippen LogP contribution in [0.2, 0.25) is 0 Å². The van der Waals surface area contributed by atoms with E-state index in [4.69, 9.17) is 0 Å². The summed E-state index contributed by atoms with van der Waals surface area (Å²) < 4.78 is 15.3. The van der Waals surface area contributed by atoms with E-state index in [9.17, 15) is 4.39 Å². The van der Waals surface area contributed by atoms with Crippen molar-refractivity contribution in [3.8, 4) is 0 Å². The summed E-state index contributed by atoms with van der Waals surface area (Å²) in [6.07, 6.45) is 2.25. The van der Waals surface area contributed by atoms with Crippen molar-refractivity contribution in [2.24, 2.45) is 0 Å². The molecule has 0 fully saturated rings. The van der Waals surface area contributed by atoms with Gasteiger partial charge in [0.25, 0.3) is 5.78 Å². The molecule has 0 aliphatic rings. The number of nitrogens with zero attached hydrogens (tertiary/aromatic N) is 4. The van der Waals surface area contributed by atoms with Gasteiger partial charge in [-0.3, -0.25) is 0 Å². The molecule has 0 radical (unpaired) electrons. The van der Waals surface area contributed by atoms with E-state index in [1.165, 1.54) is 12.4 Å². The smallest absolute Gasteiger partial charge is 0.254 e. The van der Waals surface area contributed by atoms with Gasteiger partial charge in [0, 0.05) is 18.3 Å². The van der Waals surface area contributed by atoms with E-state index in [-0.39, 0.29) is 5.82 Å². The maximum absolute atomic E-state index is 13.2. The van der Waals surface area contributed by atoms with Crippen LogP contribution >= 0.6 is 15.9 Å². The van der Waals surface area contributed by atoms with Gasteiger partial charge in [-0.05, 0) is 47.0 Å². The van der Waals surface area contributed by atoms with E-state index in [1.807, 2.05) is 13.0 Å². The third-order valence-corrected chi connectivity index (χ3v) is 3.69. The Hall–Kier alpha value is -2.02. The number of hydrogen-bond acceptors (Lipinski definition) is 4. The maximum atomic E-state index is 13.2. The lowest BCUT2D eigenvalue weighted by molar-refractivity contribution is 0.620. The molecule has 0 amide bonds. The molecule has 0 saturated heterocycles. The van der Waals surface area contributed by atoms with Gasteiger partial charge in [-0.25, -0.2) is 9.37 Å². The average molecular weight is 350 g/mol. The van der Waals surface area contributed by atoms with Crippen LogP contribution in [-0.2, 0) is 6.42 Å². The zero-order valence-corrected chi connectivity index (χ0v) is 12.9. The lowest BCUT2D eigenvalue weighted by Gasteiger charge is -2.09. The van der Waals surface area contributed by atoms with Gasteiger partial charge in [-0.2, -0.15) is 14.6 Å². The van der Waals surface area contributed by atoms with E-state index < -0.39 is 0 Å². The highest BCUT2D eigenvalue weighted by molar-refractivity contribution is 9.10. The summed E-state index contributed by atoms with van der Waals surface area (Å²) in [6, 6.07) is 6.96. The van der Waals surface area contributed by atoms with Crippen LogP contribution in [0.5, 0.6) is 0 Å². The summed E-state index contributed by atoms with van der Waals surface area (Å²) in [5.41, 5.74) is 1.93. The number of aryl methyl sites for hydroxylation is 1. The molecule has 0 aliphatic heterocycles. The molecule has 3 rings (SSSR count). The molecule has 0 aliphatic carbocycles. The minimum absolute atomic E-state index is 0.249. The van der Waals surface area contributed by atoms with Crippen LogP contribution in [0.15, 0.2) is 35.1 Å². The zero-order chi connectivity index (χ0) is 14.8. The molecule has 3 aromatic rings. The van der Waals surface area contributed by atoms with Crippen LogP contribution in [0.3, 0.4) is 0 Å². The average Bonchev–Trinajstić information content (AvgIpc) is 2.91. The van der Waals surface area contributed by atoms with Crippen LogP contribution < -0.4 is 5.32 Å². The number of halogens is 2. The minimum Gasteiger partial charge on any atom is -0.370 e. The molecule has 2 aromatic heterocycles. The highest BCUT2D eigenvalue weighted by Gasteiger charge is 2.05. The molecule has 0 spiro atoms. The first-order chi connectivity index (χ1) is 10.1. The largest absolute Gasteiger partial charge is 0.370 e. The summed E-state index contributed by atoms with van der Waals surface area (Å²) in [6.45, 7) is 2.62. The number of rotatable bonds is 4. The molecule has 0 bridgehead atoms. The fourth-order valence-electron chi connectivity index (χ4n) is 2.09. The third-order valence-electron chi connectivity index (χ3n) is 3.08. The Morgan fingerprint density at radius 2 is 2.19 bits per heavy atom. The van der Waals surface area contributed by atoms with E-state index in [1.54, 1.807) is 16.6 Å². The standard InChI is InChI=1S/C14H13BrFN5/c1-9-6-13(21-14(20-9)18-8-19-21)17-5-4-10-2-3-12(16)11(15)7-10/h2-3,6-8,17H,4-5H2,1H3. The molecule has 5 nitrogen and oxygen atoms in total. The van der Waals surface area contributed by atoms with Crippen LogP contribution in [0, 0.1) is 12.7 Å². The Bertz CT molecular complexity index is 786.